The van der Waals surface area contributed by atoms with Gasteiger partial charge in [0.1, 0.15) is 0 Å². The minimum atomic E-state index is -0.0901. The Bertz CT molecular complexity index is 674. The molecule has 1 aromatic heterocycles. The van der Waals surface area contributed by atoms with Gasteiger partial charge in [-0.15, -0.1) is 0 Å². The van der Waals surface area contributed by atoms with Gasteiger partial charge in [-0.1, -0.05) is 15.9 Å². The first-order chi connectivity index (χ1) is 11.1. The molecule has 1 aromatic carbocycles. The molecule has 0 bridgehead atoms. The Balaban J connectivity index is 1.52. The summed E-state index contributed by atoms with van der Waals surface area (Å²) in [5.74, 6) is 0.198. The van der Waals surface area contributed by atoms with Crippen molar-refractivity contribution in [2.75, 3.05) is 13.1 Å². The molecular weight excluding hydrogens is 360 g/mol. The maximum absolute atomic E-state index is 12.2. The van der Waals surface area contributed by atoms with Gasteiger partial charge in [-0.05, 0) is 49.2 Å². The van der Waals surface area contributed by atoms with Gasteiger partial charge in [-0.3, -0.25) is 9.59 Å². The van der Waals surface area contributed by atoms with Crippen LogP contribution in [0.2, 0.25) is 0 Å². The molecule has 23 heavy (non-hydrogen) atoms. The summed E-state index contributed by atoms with van der Waals surface area (Å²) in [5, 5.41) is 3.03. The summed E-state index contributed by atoms with van der Waals surface area (Å²) >= 11 is 3.35. The summed E-state index contributed by atoms with van der Waals surface area (Å²) in [6.07, 6.45) is 2.99. The van der Waals surface area contributed by atoms with E-state index >= 15 is 0 Å². The molecule has 2 amide bonds. The largest absolute Gasteiger partial charge is 0.459 e. The fraction of sp³-hybridized carbons (Fsp3) is 0.294. The highest BCUT2D eigenvalue weighted by atomic mass is 79.9. The zero-order chi connectivity index (χ0) is 16.2. The van der Waals surface area contributed by atoms with E-state index < -0.39 is 0 Å². The van der Waals surface area contributed by atoms with Gasteiger partial charge in [-0.25, -0.2) is 0 Å². The molecule has 1 aliphatic heterocycles. The van der Waals surface area contributed by atoms with E-state index in [1.165, 1.54) is 6.26 Å². The second-order valence-electron chi connectivity index (χ2n) is 5.52. The minimum Gasteiger partial charge on any atom is -0.459 e. The Morgan fingerprint density at radius 2 is 1.83 bits per heavy atom. The Morgan fingerprint density at radius 1 is 1.13 bits per heavy atom. The first kappa shape index (κ1) is 15.8. The average Bonchev–Trinajstić information content (AvgIpc) is 3.10. The smallest absolute Gasteiger partial charge is 0.289 e. The van der Waals surface area contributed by atoms with Crippen LogP contribution in [-0.4, -0.2) is 35.8 Å². The topological polar surface area (TPSA) is 62.6 Å². The molecule has 0 atom stereocenters. The van der Waals surface area contributed by atoms with Crippen LogP contribution in [0, 0.1) is 0 Å². The number of halogens is 1. The van der Waals surface area contributed by atoms with E-state index in [1.54, 1.807) is 29.2 Å². The van der Waals surface area contributed by atoms with Crippen molar-refractivity contribution < 1.29 is 14.0 Å². The van der Waals surface area contributed by atoms with Crippen molar-refractivity contribution in [3.63, 3.8) is 0 Å². The summed E-state index contributed by atoms with van der Waals surface area (Å²) in [6, 6.07) is 10.7. The number of piperidine rings is 1. The van der Waals surface area contributed by atoms with Crippen LogP contribution in [0.25, 0.3) is 0 Å². The lowest BCUT2D eigenvalue weighted by Crippen LogP contribution is -2.46. The maximum Gasteiger partial charge on any atom is 0.289 e. The first-order valence-electron chi connectivity index (χ1n) is 7.52. The van der Waals surface area contributed by atoms with Crippen LogP contribution in [-0.2, 0) is 0 Å². The van der Waals surface area contributed by atoms with E-state index in [4.69, 9.17) is 4.42 Å². The molecule has 2 aromatic rings. The van der Waals surface area contributed by atoms with Gasteiger partial charge in [0, 0.05) is 29.2 Å². The van der Waals surface area contributed by atoms with Crippen molar-refractivity contribution in [3.05, 3.63) is 58.5 Å². The van der Waals surface area contributed by atoms with Gasteiger partial charge in [0.25, 0.3) is 11.8 Å². The van der Waals surface area contributed by atoms with E-state index in [0.717, 1.165) is 17.3 Å². The van der Waals surface area contributed by atoms with Crippen molar-refractivity contribution in [1.82, 2.24) is 10.2 Å². The standard InChI is InChI=1S/C17H17BrN2O3/c18-13-5-3-12(4-6-13)16(21)19-14-7-9-20(10-8-14)17(22)15-2-1-11-23-15/h1-6,11,14H,7-10H2,(H,19,21). The fourth-order valence-corrected chi connectivity index (χ4v) is 2.92. The van der Waals surface area contributed by atoms with Gasteiger partial charge in [0.05, 0.1) is 6.26 Å². The zero-order valence-corrected chi connectivity index (χ0v) is 14.1. The van der Waals surface area contributed by atoms with Gasteiger partial charge in [-0.2, -0.15) is 0 Å². The van der Waals surface area contributed by atoms with Gasteiger partial charge in [0.15, 0.2) is 5.76 Å². The van der Waals surface area contributed by atoms with Crippen LogP contribution >= 0.6 is 15.9 Å². The summed E-state index contributed by atoms with van der Waals surface area (Å²) in [6.45, 7) is 1.23. The lowest BCUT2D eigenvalue weighted by atomic mass is 10.0. The predicted octanol–water partition coefficient (Wildman–Crippen LogP) is 3.08. The Hall–Kier alpha value is -2.08. The maximum atomic E-state index is 12.2. The number of nitrogens with one attached hydrogen (secondary N) is 1. The number of nitrogens with zero attached hydrogens (tertiary/aromatic N) is 1. The van der Waals surface area contributed by atoms with Crippen molar-refractivity contribution in [1.29, 1.82) is 0 Å². The van der Waals surface area contributed by atoms with E-state index in [9.17, 15) is 9.59 Å². The highest BCUT2D eigenvalue weighted by molar-refractivity contribution is 9.10. The summed E-state index contributed by atoms with van der Waals surface area (Å²) < 4.78 is 6.09. The Morgan fingerprint density at radius 3 is 2.43 bits per heavy atom. The number of likely N-dealkylation sites (tertiary alicyclic amines) is 1. The third kappa shape index (κ3) is 3.82. The molecule has 2 heterocycles. The van der Waals surface area contributed by atoms with Crippen molar-refractivity contribution in [3.8, 4) is 0 Å². The highest BCUT2D eigenvalue weighted by Crippen LogP contribution is 2.16. The Labute approximate surface area is 142 Å². The summed E-state index contributed by atoms with van der Waals surface area (Å²) in [7, 11) is 0. The highest BCUT2D eigenvalue weighted by Gasteiger charge is 2.25. The lowest BCUT2D eigenvalue weighted by molar-refractivity contribution is 0.0667. The average molecular weight is 377 g/mol. The second-order valence-corrected chi connectivity index (χ2v) is 6.44. The molecular formula is C17H17BrN2O3. The molecule has 120 valence electrons. The van der Waals surface area contributed by atoms with E-state index in [2.05, 4.69) is 21.2 Å². The number of amides is 2. The molecule has 0 saturated carbocycles. The number of benzene rings is 1. The molecule has 0 radical (unpaired) electrons. The lowest BCUT2D eigenvalue weighted by Gasteiger charge is -2.31. The van der Waals surface area contributed by atoms with Gasteiger partial charge >= 0.3 is 0 Å². The van der Waals surface area contributed by atoms with Crippen LogP contribution in [0.15, 0.2) is 51.6 Å². The monoisotopic (exact) mass is 376 g/mol. The molecule has 0 spiro atoms. The summed E-state index contributed by atoms with van der Waals surface area (Å²) in [4.78, 5) is 26.2. The molecule has 1 saturated heterocycles. The SMILES string of the molecule is O=C(NC1CCN(C(=O)c2ccco2)CC1)c1ccc(Br)cc1. The van der Waals surface area contributed by atoms with Gasteiger partial charge in [0.2, 0.25) is 0 Å². The number of carbonyl (C=O) groups is 2. The van der Waals surface area contributed by atoms with Crippen molar-refractivity contribution in [2.24, 2.45) is 0 Å². The molecule has 0 unspecified atom stereocenters. The number of carbonyl (C=O) groups excluding carboxylic acids is 2. The van der Waals surface area contributed by atoms with Crippen molar-refractivity contribution >= 4 is 27.7 Å². The third-order valence-corrected chi connectivity index (χ3v) is 4.48. The fourth-order valence-electron chi connectivity index (χ4n) is 2.65. The van der Waals surface area contributed by atoms with E-state index in [-0.39, 0.29) is 17.9 Å². The first-order valence-corrected chi connectivity index (χ1v) is 8.32. The molecule has 5 nitrogen and oxygen atoms in total. The van der Waals surface area contributed by atoms with E-state index in [0.29, 0.717) is 24.4 Å². The molecule has 1 N–H and O–H groups in total. The molecule has 0 aliphatic carbocycles. The number of hydrogen-bond acceptors (Lipinski definition) is 3. The van der Waals surface area contributed by atoms with Crippen LogP contribution in [0.5, 0.6) is 0 Å². The Kier molecular flexibility index (Phi) is 4.81. The number of rotatable bonds is 3. The normalized spacial score (nSPS) is 15.4. The van der Waals surface area contributed by atoms with Crippen molar-refractivity contribution in [2.45, 2.75) is 18.9 Å². The molecule has 3 rings (SSSR count). The second kappa shape index (κ2) is 7.00. The molecule has 6 heteroatoms. The van der Waals surface area contributed by atoms with Crippen LogP contribution in [0.3, 0.4) is 0 Å². The predicted molar refractivity (Wildman–Crippen MR) is 89.2 cm³/mol. The number of furan rings is 1. The quantitative estimate of drug-likeness (QED) is 0.894. The number of hydrogen-bond donors (Lipinski definition) is 1. The van der Waals surface area contributed by atoms with E-state index in [1.807, 2.05) is 12.1 Å². The molecule has 1 aliphatic rings. The van der Waals surface area contributed by atoms with Crippen LogP contribution < -0.4 is 5.32 Å². The van der Waals surface area contributed by atoms with Crippen LogP contribution in [0.1, 0.15) is 33.8 Å². The minimum absolute atomic E-state index is 0.0756. The van der Waals surface area contributed by atoms with Crippen LogP contribution in [0.4, 0.5) is 0 Å². The van der Waals surface area contributed by atoms with Gasteiger partial charge < -0.3 is 14.6 Å². The third-order valence-electron chi connectivity index (χ3n) is 3.96. The zero-order valence-electron chi connectivity index (χ0n) is 12.5. The molecule has 1 fully saturated rings. The summed E-state index contributed by atoms with van der Waals surface area (Å²) in [5.41, 5.74) is 0.641.